The number of hydrogen-bond donors (Lipinski definition) is 3. The van der Waals surface area contributed by atoms with E-state index in [4.69, 9.17) is 10.1 Å². The Balaban J connectivity index is 1.71. The molecule has 1 fully saturated rings. The topological polar surface area (TPSA) is 82.4 Å². The van der Waals surface area contributed by atoms with E-state index in [1.165, 1.54) is 5.56 Å². The Kier molecular flexibility index (Phi) is 5.29. The van der Waals surface area contributed by atoms with Gasteiger partial charge in [-0.15, -0.1) is 0 Å². The molecule has 2 atom stereocenters. The highest BCUT2D eigenvalue weighted by atomic mass is 16.5. The molecule has 2 aromatic carbocycles. The predicted octanol–water partition coefficient (Wildman–Crippen LogP) is 3.90. The number of fused-ring (bicyclic) bond motifs is 2. The van der Waals surface area contributed by atoms with Gasteiger partial charge in [0.15, 0.2) is 0 Å². The number of ether oxygens (including phenoxy) is 1. The highest BCUT2D eigenvalue weighted by molar-refractivity contribution is 6.45. The van der Waals surface area contributed by atoms with Crippen LogP contribution in [0, 0.1) is 11.3 Å². The molecule has 5 nitrogen and oxygen atoms in total. The van der Waals surface area contributed by atoms with Gasteiger partial charge in [-0.2, -0.15) is 0 Å². The average molecular weight is 378 g/mol. The van der Waals surface area contributed by atoms with Gasteiger partial charge in [-0.05, 0) is 50.9 Å². The lowest BCUT2D eigenvalue weighted by Crippen LogP contribution is -2.32. The Morgan fingerprint density at radius 1 is 1.18 bits per heavy atom. The van der Waals surface area contributed by atoms with Crippen molar-refractivity contribution in [3.05, 3.63) is 59.2 Å². The Labute approximate surface area is 165 Å². The second-order valence-corrected chi connectivity index (χ2v) is 7.82. The van der Waals surface area contributed by atoms with Crippen molar-refractivity contribution in [2.75, 3.05) is 13.1 Å². The third-order valence-corrected chi connectivity index (χ3v) is 5.71. The SMILES string of the molecule is C[C@H](O)CC(=N)C(=O)c1ccc2c(c1)Oc1ccccc1C2C1CCNCC1. The molecule has 5 heteroatoms. The molecule has 0 aromatic heterocycles. The maximum atomic E-state index is 12.6. The number of rotatable bonds is 5. The molecule has 1 saturated heterocycles. The fraction of sp³-hybridized carbons (Fsp3) is 0.391. The van der Waals surface area contributed by atoms with Gasteiger partial charge in [-0.1, -0.05) is 30.3 Å². The van der Waals surface area contributed by atoms with Gasteiger partial charge in [0.25, 0.3) is 0 Å². The molecular weight excluding hydrogens is 352 g/mol. The second-order valence-electron chi connectivity index (χ2n) is 7.82. The Morgan fingerprint density at radius 2 is 1.89 bits per heavy atom. The minimum atomic E-state index is -0.707. The second kappa shape index (κ2) is 7.86. The van der Waals surface area contributed by atoms with Crippen LogP contribution < -0.4 is 10.1 Å². The zero-order chi connectivity index (χ0) is 19.7. The first-order valence-electron chi connectivity index (χ1n) is 9.96. The highest BCUT2D eigenvalue weighted by Crippen LogP contribution is 2.49. The maximum Gasteiger partial charge on any atom is 0.206 e. The maximum absolute atomic E-state index is 12.6. The van der Waals surface area contributed by atoms with Crippen LogP contribution in [-0.4, -0.2) is 35.8 Å². The molecular formula is C23H26N2O3. The van der Waals surface area contributed by atoms with Crippen molar-refractivity contribution in [3.63, 3.8) is 0 Å². The Hall–Kier alpha value is -2.50. The van der Waals surface area contributed by atoms with Gasteiger partial charge in [-0.3, -0.25) is 4.79 Å². The number of para-hydroxylation sites is 1. The number of hydrogen-bond acceptors (Lipinski definition) is 5. The van der Waals surface area contributed by atoms with E-state index in [9.17, 15) is 9.90 Å². The molecule has 0 aliphatic carbocycles. The predicted molar refractivity (Wildman–Crippen MR) is 109 cm³/mol. The lowest BCUT2D eigenvalue weighted by atomic mass is 9.74. The largest absolute Gasteiger partial charge is 0.457 e. The lowest BCUT2D eigenvalue weighted by molar-refractivity contribution is 0.105. The van der Waals surface area contributed by atoms with E-state index < -0.39 is 6.10 Å². The molecule has 1 unspecified atom stereocenters. The minimum Gasteiger partial charge on any atom is -0.457 e. The summed E-state index contributed by atoms with van der Waals surface area (Å²) < 4.78 is 6.16. The van der Waals surface area contributed by atoms with Crippen molar-refractivity contribution < 1.29 is 14.6 Å². The number of ketones is 1. The van der Waals surface area contributed by atoms with Gasteiger partial charge >= 0.3 is 0 Å². The quantitative estimate of drug-likeness (QED) is 0.544. The van der Waals surface area contributed by atoms with E-state index in [-0.39, 0.29) is 23.8 Å². The molecule has 0 amide bonds. The van der Waals surface area contributed by atoms with Crippen LogP contribution in [-0.2, 0) is 0 Å². The summed E-state index contributed by atoms with van der Waals surface area (Å²) in [6.07, 6.45) is 1.56. The van der Waals surface area contributed by atoms with Crippen molar-refractivity contribution in [2.45, 2.75) is 38.2 Å². The molecule has 4 rings (SSSR count). The smallest absolute Gasteiger partial charge is 0.206 e. The molecule has 0 bridgehead atoms. The van der Waals surface area contributed by atoms with Crippen LogP contribution in [0.5, 0.6) is 11.5 Å². The van der Waals surface area contributed by atoms with Crippen LogP contribution in [0.3, 0.4) is 0 Å². The van der Waals surface area contributed by atoms with Gasteiger partial charge in [0.1, 0.15) is 11.5 Å². The summed E-state index contributed by atoms with van der Waals surface area (Å²) in [7, 11) is 0. The van der Waals surface area contributed by atoms with Crippen molar-refractivity contribution in [3.8, 4) is 11.5 Å². The summed E-state index contributed by atoms with van der Waals surface area (Å²) in [5, 5.41) is 20.9. The van der Waals surface area contributed by atoms with Crippen LogP contribution in [0.4, 0.5) is 0 Å². The summed E-state index contributed by atoms with van der Waals surface area (Å²) in [5.41, 5.74) is 2.68. The van der Waals surface area contributed by atoms with Crippen LogP contribution in [0.1, 0.15) is 53.6 Å². The number of benzene rings is 2. The Morgan fingerprint density at radius 3 is 2.64 bits per heavy atom. The lowest BCUT2D eigenvalue weighted by Gasteiger charge is -2.36. The monoisotopic (exact) mass is 378 g/mol. The fourth-order valence-corrected chi connectivity index (χ4v) is 4.39. The van der Waals surface area contributed by atoms with Gasteiger partial charge < -0.3 is 20.6 Å². The van der Waals surface area contributed by atoms with Gasteiger partial charge in [-0.25, -0.2) is 0 Å². The van der Waals surface area contributed by atoms with Crippen LogP contribution >= 0.6 is 0 Å². The van der Waals surface area contributed by atoms with E-state index in [1.54, 1.807) is 19.1 Å². The van der Waals surface area contributed by atoms with Crippen molar-refractivity contribution in [1.29, 1.82) is 5.41 Å². The molecule has 2 heterocycles. The number of nitrogens with one attached hydrogen (secondary N) is 2. The number of piperidine rings is 1. The third kappa shape index (κ3) is 3.60. The Bertz CT molecular complexity index is 900. The van der Waals surface area contributed by atoms with Crippen molar-refractivity contribution >= 4 is 11.5 Å². The molecule has 0 saturated carbocycles. The zero-order valence-electron chi connectivity index (χ0n) is 16.1. The first kappa shape index (κ1) is 18.8. The van der Waals surface area contributed by atoms with E-state index in [1.807, 2.05) is 18.2 Å². The van der Waals surface area contributed by atoms with Gasteiger partial charge in [0, 0.05) is 29.0 Å². The summed E-state index contributed by atoms with van der Waals surface area (Å²) in [4.78, 5) is 12.6. The van der Waals surface area contributed by atoms with E-state index in [2.05, 4.69) is 17.4 Å². The number of carbonyl (C=O) groups excluding carboxylic acids is 1. The highest BCUT2D eigenvalue weighted by Gasteiger charge is 2.34. The minimum absolute atomic E-state index is 0.0529. The third-order valence-electron chi connectivity index (χ3n) is 5.71. The molecule has 0 spiro atoms. The molecule has 146 valence electrons. The van der Waals surface area contributed by atoms with Gasteiger partial charge in [0.05, 0.1) is 11.8 Å². The van der Waals surface area contributed by atoms with E-state index in [0.717, 1.165) is 37.2 Å². The summed E-state index contributed by atoms with van der Waals surface area (Å²) in [6, 6.07) is 13.7. The number of Topliss-reactive ketones (excluding diaryl/α,β-unsaturated/α-hetero) is 1. The number of aliphatic hydroxyl groups is 1. The summed E-state index contributed by atoms with van der Waals surface area (Å²) >= 11 is 0. The van der Waals surface area contributed by atoms with E-state index in [0.29, 0.717) is 17.2 Å². The standard InChI is InChI=1S/C23H26N2O3/c1-14(26)12-19(24)23(27)16-6-7-18-21(13-16)28-20-5-3-2-4-17(20)22(18)15-8-10-25-11-9-15/h2-7,13-15,22,24-26H,8-12H2,1H3/t14-,22?/m0/s1. The fourth-order valence-electron chi connectivity index (χ4n) is 4.39. The molecule has 3 N–H and O–H groups in total. The zero-order valence-corrected chi connectivity index (χ0v) is 16.1. The van der Waals surface area contributed by atoms with Crippen LogP contribution in [0.25, 0.3) is 0 Å². The molecule has 2 aromatic rings. The normalized spacial score (nSPS) is 19.9. The van der Waals surface area contributed by atoms with Crippen molar-refractivity contribution in [2.24, 2.45) is 5.92 Å². The summed E-state index contributed by atoms with van der Waals surface area (Å²) in [5.74, 6) is 1.98. The van der Waals surface area contributed by atoms with E-state index >= 15 is 0 Å². The van der Waals surface area contributed by atoms with Gasteiger partial charge in [0.2, 0.25) is 5.78 Å². The first-order valence-corrected chi connectivity index (χ1v) is 9.96. The molecule has 28 heavy (non-hydrogen) atoms. The average Bonchev–Trinajstić information content (AvgIpc) is 2.71. The first-order chi connectivity index (χ1) is 13.5. The molecule has 0 radical (unpaired) electrons. The molecule has 2 aliphatic heterocycles. The number of carbonyl (C=O) groups is 1. The van der Waals surface area contributed by atoms with Crippen LogP contribution in [0.2, 0.25) is 0 Å². The van der Waals surface area contributed by atoms with Crippen molar-refractivity contribution in [1.82, 2.24) is 5.32 Å². The molecule has 2 aliphatic rings. The van der Waals surface area contributed by atoms with Crippen LogP contribution in [0.15, 0.2) is 42.5 Å². The number of aliphatic hydroxyl groups excluding tert-OH is 1. The summed E-state index contributed by atoms with van der Waals surface area (Å²) in [6.45, 7) is 3.62.